The van der Waals surface area contributed by atoms with Gasteiger partial charge >= 0.3 is 0 Å². The van der Waals surface area contributed by atoms with Crippen molar-refractivity contribution in [2.45, 2.75) is 0 Å². The third kappa shape index (κ3) is 4.30. The number of hydrogen-bond donors (Lipinski definition) is 2. The number of nitrogens with one attached hydrogen (secondary N) is 1. The van der Waals surface area contributed by atoms with Gasteiger partial charge in [0.2, 0.25) is 0 Å². The van der Waals surface area contributed by atoms with Crippen LogP contribution in [0.25, 0.3) is 6.08 Å². The molecular formula is C19H16N2O3S. The lowest BCUT2D eigenvalue weighted by Crippen LogP contribution is -2.19. The van der Waals surface area contributed by atoms with Gasteiger partial charge in [-0.15, -0.1) is 0 Å². The van der Waals surface area contributed by atoms with Gasteiger partial charge in [0, 0.05) is 5.56 Å². The average Bonchev–Trinajstić information content (AvgIpc) is 2.95. The van der Waals surface area contributed by atoms with E-state index in [-0.39, 0.29) is 11.7 Å². The van der Waals surface area contributed by atoms with E-state index in [1.807, 2.05) is 24.3 Å². The zero-order valence-electron chi connectivity index (χ0n) is 13.3. The van der Waals surface area contributed by atoms with Crippen LogP contribution >= 0.6 is 11.8 Å². The maximum Gasteiger partial charge on any atom is 0.264 e. The number of thioether (sulfide) groups is 1. The number of phenols is 1. The van der Waals surface area contributed by atoms with E-state index in [4.69, 9.17) is 4.74 Å². The number of carbonyl (C=O) groups excluding carboxylic acids is 1. The van der Waals surface area contributed by atoms with Gasteiger partial charge in [-0.3, -0.25) is 4.79 Å². The Labute approximate surface area is 149 Å². The van der Waals surface area contributed by atoms with E-state index >= 15 is 0 Å². The summed E-state index contributed by atoms with van der Waals surface area (Å²) in [5.74, 6) is 0.650. The van der Waals surface area contributed by atoms with Gasteiger partial charge in [-0.25, -0.2) is 4.99 Å². The van der Waals surface area contributed by atoms with E-state index in [1.54, 1.807) is 36.4 Å². The molecule has 1 heterocycles. The highest BCUT2D eigenvalue weighted by Crippen LogP contribution is 2.30. The minimum atomic E-state index is -0.207. The number of nitrogens with zero attached hydrogens (tertiary/aromatic N) is 1. The van der Waals surface area contributed by atoms with Gasteiger partial charge in [0.25, 0.3) is 5.91 Å². The van der Waals surface area contributed by atoms with Gasteiger partial charge in [-0.2, -0.15) is 0 Å². The number of aromatic hydroxyl groups is 1. The molecule has 0 bridgehead atoms. The molecule has 1 saturated heterocycles. The molecule has 2 N–H and O–H groups in total. The summed E-state index contributed by atoms with van der Waals surface area (Å²) < 4.78 is 5.61. The normalized spacial score (nSPS) is 16.9. The SMILES string of the molecule is C=CCOc1ccccc1/C=C1\SC(=Nc2ccc(O)cc2)NC1=O. The number of hydrogen-bond acceptors (Lipinski definition) is 5. The Balaban J connectivity index is 1.82. The minimum Gasteiger partial charge on any atom is -0.508 e. The monoisotopic (exact) mass is 352 g/mol. The van der Waals surface area contributed by atoms with E-state index in [2.05, 4.69) is 16.9 Å². The predicted molar refractivity (Wildman–Crippen MR) is 101 cm³/mol. The van der Waals surface area contributed by atoms with Gasteiger partial charge in [-0.05, 0) is 48.2 Å². The number of aliphatic imine (C=N–C) groups is 1. The Morgan fingerprint density at radius 2 is 1.96 bits per heavy atom. The fraction of sp³-hybridized carbons (Fsp3) is 0.0526. The smallest absolute Gasteiger partial charge is 0.264 e. The molecule has 0 spiro atoms. The van der Waals surface area contributed by atoms with Crippen molar-refractivity contribution in [2.75, 3.05) is 6.61 Å². The number of carbonyl (C=O) groups is 1. The van der Waals surface area contributed by atoms with E-state index < -0.39 is 0 Å². The van der Waals surface area contributed by atoms with Crippen molar-refractivity contribution in [1.82, 2.24) is 5.32 Å². The van der Waals surface area contributed by atoms with Crippen LogP contribution in [0, 0.1) is 0 Å². The topological polar surface area (TPSA) is 70.9 Å². The highest BCUT2D eigenvalue weighted by molar-refractivity contribution is 8.18. The first-order valence-corrected chi connectivity index (χ1v) is 8.39. The lowest BCUT2D eigenvalue weighted by molar-refractivity contribution is -0.115. The number of benzene rings is 2. The lowest BCUT2D eigenvalue weighted by atomic mass is 10.2. The second-order valence-corrected chi connectivity index (χ2v) is 6.17. The maximum atomic E-state index is 12.2. The summed E-state index contributed by atoms with van der Waals surface area (Å²) >= 11 is 1.26. The number of amidine groups is 1. The predicted octanol–water partition coefficient (Wildman–Crippen LogP) is 3.85. The molecule has 1 amide bonds. The van der Waals surface area contributed by atoms with Crippen LogP contribution < -0.4 is 10.1 Å². The van der Waals surface area contributed by atoms with E-state index in [1.165, 1.54) is 11.8 Å². The first kappa shape index (κ1) is 16.9. The molecule has 0 saturated carbocycles. The molecule has 0 radical (unpaired) electrons. The summed E-state index contributed by atoms with van der Waals surface area (Å²) in [5, 5.41) is 12.5. The van der Waals surface area contributed by atoms with Crippen LogP contribution in [0.4, 0.5) is 5.69 Å². The molecule has 0 aliphatic carbocycles. The Kier molecular flexibility index (Phi) is 5.20. The second kappa shape index (κ2) is 7.72. The maximum absolute atomic E-state index is 12.2. The first-order valence-electron chi connectivity index (χ1n) is 7.57. The largest absolute Gasteiger partial charge is 0.508 e. The third-order valence-electron chi connectivity index (χ3n) is 3.29. The van der Waals surface area contributed by atoms with Crippen molar-refractivity contribution >= 4 is 34.6 Å². The van der Waals surface area contributed by atoms with E-state index in [0.717, 1.165) is 5.56 Å². The van der Waals surface area contributed by atoms with Crippen LogP contribution in [-0.2, 0) is 4.79 Å². The molecule has 2 aromatic rings. The molecule has 126 valence electrons. The fourth-order valence-electron chi connectivity index (χ4n) is 2.15. The Bertz CT molecular complexity index is 857. The molecule has 0 aromatic heterocycles. The van der Waals surface area contributed by atoms with Crippen molar-refractivity contribution < 1.29 is 14.6 Å². The molecule has 3 rings (SSSR count). The van der Waals surface area contributed by atoms with Gasteiger partial charge in [0.1, 0.15) is 18.1 Å². The van der Waals surface area contributed by atoms with Crippen molar-refractivity contribution in [1.29, 1.82) is 0 Å². The van der Waals surface area contributed by atoms with Gasteiger partial charge < -0.3 is 15.2 Å². The van der Waals surface area contributed by atoms with Gasteiger partial charge in [0.05, 0.1) is 10.6 Å². The first-order chi connectivity index (χ1) is 12.2. The van der Waals surface area contributed by atoms with Crippen LogP contribution in [0.3, 0.4) is 0 Å². The van der Waals surface area contributed by atoms with Gasteiger partial charge in [-0.1, -0.05) is 30.9 Å². The van der Waals surface area contributed by atoms with E-state index in [0.29, 0.717) is 28.1 Å². The number of rotatable bonds is 5. The van der Waals surface area contributed by atoms with Crippen LogP contribution in [0.2, 0.25) is 0 Å². The molecular weight excluding hydrogens is 336 g/mol. The number of para-hydroxylation sites is 1. The Morgan fingerprint density at radius 3 is 2.72 bits per heavy atom. The Morgan fingerprint density at radius 1 is 1.20 bits per heavy atom. The molecule has 1 aliphatic rings. The quantitative estimate of drug-likeness (QED) is 0.633. The van der Waals surface area contributed by atoms with E-state index in [9.17, 15) is 9.90 Å². The number of phenolic OH excluding ortho intramolecular Hbond substituents is 1. The molecule has 1 aliphatic heterocycles. The number of amides is 1. The van der Waals surface area contributed by atoms with Crippen molar-refractivity contribution in [3.8, 4) is 11.5 Å². The van der Waals surface area contributed by atoms with Gasteiger partial charge in [0.15, 0.2) is 5.17 Å². The molecule has 2 aromatic carbocycles. The zero-order valence-corrected chi connectivity index (χ0v) is 14.1. The van der Waals surface area contributed by atoms with Crippen molar-refractivity contribution in [3.05, 3.63) is 71.7 Å². The second-order valence-electron chi connectivity index (χ2n) is 5.14. The number of ether oxygens (including phenoxy) is 1. The molecule has 25 heavy (non-hydrogen) atoms. The molecule has 0 unspecified atom stereocenters. The fourth-order valence-corrected chi connectivity index (χ4v) is 2.98. The molecule has 1 fully saturated rings. The third-order valence-corrected chi connectivity index (χ3v) is 4.20. The summed E-state index contributed by atoms with van der Waals surface area (Å²) in [5.41, 5.74) is 1.46. The zero-order chi connectivity index (χ0) is 17.6. The molecule has 0 atom stereocenters. The summed E-state index contributed by atoms with van der Waals surface area (Å²) in [6.45, 7) is 4.03. The van der Waals surface area contributed by atoms with Crippen molar-refractivity contribution in [3.63, 3.8) is 0 Å². The summed E-state index contributed by atoms with van der Waals surface area (Å²) in [4.78, 5) is 17.1. The molecule has 6 heteroatoms. The van der Waals surface area contributed by atoms with Crippen LogP contribution in [0.5, 0.6) is 11.5 Å². The lowest BCUT2D eigenvalue weighted by Gasteiger charge is -2.06. The average molecular weight is 352 g/mol. The standard InChI is InChI=1S/C19H16N2O3S/c1-2-11-24-16-6-4-3-5-13(16)12-17-18(23)21-19(25-17)20-14-7-9-15(22)10-8-14/h2-10,12,22H,1,11H2,(H,20,21,23)/b17-12-. The van der Waals surface area contributed by atoms with Crippen LogP contribution in [-0.4, -0.2) is 22.8 Å². The summed E-state index contributed by atoms with van der Waals surface area (Å²) in [6, 6.07) is 13.9. The summed E-state index contributed by atoms with van der Waals surface area (Å²) in [7, 11) is 0. The minimum absolute atomic E-state index is 0.170. The Hall–Kier alpha value is -2.99. The molecule has 5 nitrogen and oxygen atoms in total. The van der Waals surface area contributed by atoms with Crippen LogP contribution in [0.15, 0.2) is 71.1 Å². The van der Waals surface area contributed by atoms with Crippen LogP contribution in [0.1, 0.15) is 5.56 Å². The highest BCUT2D eigenvalue weighted by atomic mass is 32.2. The van der Waals surface area contributed by atoms with Crippen molar-refractivity contribution in [2.24, 2.45) is 4.99 Å². The summed E-state index contributed by atoms with van der Waals surface area (Å²) in [6.07, 6.45) is 3.45. The highest BCUT2D eigenvalue weighted by Gasteiger charge is 2.24.